The fraction of sp³-hybridized carbons (Fsp3) is 0.182. The first-order valence-electron chi connectivity index (χ1n) is 10.2. The summed E-state index contributed by atoms with van der Waals surface area (Å²) in [5.41, 5.74) is -3.08. The van der Waals surface area contributed by atoms with Crippen molar-refractivity contribution >= 4 is 27.5 Å². The molecule has 40 heavy (non-hydrogen) atoms. The Morgan fingerprint density at radius 2 is 1.52 bits per heavy atom. The highest BCUT2D eigenvalue weighted by Crippen LogP contribution is 2.43. The zero-order valence-electron chi connectivity index (χ0n) is 19.3. The standard InChI is InChI=1S/C22H13BrF8N2O7/c1-8-7-32-14(23)6-10(8)33-19(34)15-11(3-2-9(16(15)24)20(26,27)28)38-13-5-4-12(39-21(29,30)31)17(25)18(13)40-22(35,36)37/h2-7,35-37H,1H3,(H,32,33,34). The fourth-order valence-corrected chi connectivity index (χ4v) is 3.38. The molecule has 0 spiro atoms. The lowest BCUT2D eigenvalue weighted by Crippen LogP contribution is -2.35. The molecule has 4 N–H and O–H groups in total. The predicted molar refractivity (Wildman–Crippen MR) is 119 cm³/mol. The van der Waals surface area contributed by atoms with Gasteiger partial charge in [-0.25, -0.2) is 9.37 Å². The van der Waals surface area contributed by atoms with Crippen LogP contribution in [-0.2, 0) is 6.18 Å². The molecule has 9 nitrogen and oxygen atoms in total. The Kier molecular flexibility index (Phi) is 8.49. The smallest absolute Gasteiger partial charge is 0.452 e. The van der Waals surface area contributed by atoms with Crippen LogP contribution in [0.5, 0.6) is 23.0 Å². The van der Waals surface area contributed by atoms with Crippen molar-refractivity contribution in [1.82, 2.24) is 4.98 Å². The minimum Gasteiger partial charge on any atom is -0.452 e. The second kappa shape index (κ2) is 11.0. The number of ether oxygens (including phenoxy) is 3. The van der Waals surface area contributed by atoms with Crippen LogP contribution in [0, 0.1) is 18.6 Å². The van der Waals surface area contributed by atoms with E-state index in [0.29, 0.717) is 12.1 Å². The zero-order chi connectivity index (χ0) is 30.2. The molecule has 1 heterocycles. The van der Waals surface area contributed by atoms with Gasteiger partial charge in [0.15, 0.2) is 17.3 Å². The molecule has 2 aromatic carbocycles. The van der Waals surface area contributed by atoms with Crippen LogP contribution in [0.25, 0.3) is 0 Å². The van der Waals surface area contributed by atoms with Crippen molar-refractivity contribution < 1.29 is 69.4 Å². The maximum absolute atomic E-state index is 15.1. The van der Waals surface area contributed by atoms with Crippen LogP contribution in [0.3, 0.4) is 0 Å². The Hall–Kier alpha value is -3.74. The van der Waals surface area contributed by atoms with E-state index in [-0.39, 0.29) is 28.0 Å². The summed E-state index contributed by atoms with van der Waals surface area (Å²) >= 11 is 3.01. The quantitative estimate of drug-likeness (QED) is 0.153. The Balaban J connectivity index is 2.17. The highest BCUT2D eigenvalue weighted by atomic mass is 79.9. The molecule has 1 amide bonds. The summed E-state index contributed by atoms with van der Waals surface area (Å²) in [6, 6.07) is 2.48. The summed E-state index contributed by atoms with van der Waals surface area (Å²) in [6.45, 7) is 1.44. The van der Waals surface area contributed by atoms with Gasteiger partial charge in [-0.15, -0.1) is 13.2 Å². The van der Waals surface area contributed by atoms with Crippen LogP contribution in [0.2, 0.25) is 0 Å². The molecule has 0 unspecified atom stereocenters. The lowest BCUT2D eigenvalue weighted by Gasteiger charge is -2.21. The van der Waals surface area contributed by atoms with Gasteiger partial charge in [0.25, 0.3) is 5.91 Å². The summed E-state index contributed by atoms with van der Waals surface area (Å²) in [6.07, 6.45) is -13.7. The van der Waals surface area contributed by atoms with Crippen LogP contribution >= 0.6 is 15.9 Å². The van der Waals surface area contributed by atoms with Gasteiger partial charge in [0, 0.05) is 11.9 Å². The number of amides is 1. The van der Waals surface area contributed by atoms with Gasteiger partial charge in [0.1, 0.15) is 15.9 Å². The first kappa shape index (κ1) is 30.8. The van der Waals surface area contributed by atoms with Crippen molar-refractivity contribution in [3.8, 4) is 23.0 Å². The molecule has 18 heteroatoms. The topological polar surface area (TPSA) is 130 Å². The second-order valence-corrected chi connectivity index (χ2v) is 8.42. The van der Waals surface area contributed by atoms with Gasteiger partial charge in [-0.1, -0.05) is 0 Å². The number of hydrogen-bond acceptors (Lipinski definition) is 8. The van der Waals surface area contributed by atoms with Crippen LogP contribution in [0.15, 0.2) is 41.1 Å². The van der Waals surface area contributed by atoms with Gasteiger partial charge in [-0.2, -0.15) is 17.6 Å². The third-order valence-corrected chi connectivity index (χ3v) is 5.10. The normalized spacial score (nSPS) is 12.2. The molecule has 0 bridgehead atoms. The number of hydrogen-bond donors (Lipinski definition) is 4. The first-order chi connectivity index (χ1) is 18.3. The molecule has 216 valence electrons. The maximum Gasteiger partial charge on any atom is 0.573 e. The Bertz CT molecular complexity index is 1440. The molecule has 0 aliphatic rings. The predicted octanol–water partition coefficient (Wildman–Crippen LogP) is 5.36. The molecule has 0 aliphatic carbocycles. The van der Waals surface area contributed by atoms with E-state index in [2.05, 4.69) is 35.7 Å². The summed E-state index contributed by atoms with van der Waals surface area (Å²) in [5, 5.41) is 29.4. The average molecular weight is 649 g/mol. The lowest BCUT2D eigenvalue weighted by molar-refractivity contribution is -0.420. The number of carbonyl (C=O) groups is 1. The van der Waals surface area contributed by atoms with Crippen molar-refractivity contribution in [2.24, 2.45) is 0 Å². The molecule has 0 saturated carbocycles. The van der Waals surface area contributed by atoms with Crippen LogP contribution < -0.4 is 19.5 Å². The summed E-state index contributed by atoms with van der Waals surface area (Å²) < 4.78 is 121. The highest BCUT2D eigenvalue weighted by Gasteiger charge is 2.39. The second-order valence-electron chi connectivity index (χ2n) is 7.60. The number of pyridine rings is 1. The molecule has 0 atom stereocenters. The zero-order valence-corrected chi connectivity index (χ0v) is 20.9. The molecule has 3 rings (SSSR count). The van der Waals surface area contributed by atoms with E-state index < -0.39 is 70.4 Å². The maximum atomic E-state index is 15.1. The number of anilines is 1. The van der Waals surface area contributed by atoms with E-state index in [4.69, 9.17) is 20.1 Å². The summed E-state index contributed by atoms with van der Waals surface area (Å²) in [4.78, 5) is 16.8. The Morgan fingerprint density at radius 3 is 2.10 bits per heavy atom. The van der Waals surface area contributed by atoms with Gasteiger partial charge in [-0.3, -0.25) is 4.79 Å². The van der Waals surface area contributed by atoms with Crippen molar-refractivity contribution in [1.29, 1.82) is 0 Å². The number of nitrogens with zero attached hydrogens (tertiary/aromatic N) is 1. The fourth-order valence-electron chi connectivity index (χ4n) is 3.05. The number of aliphatic hydroxyl groups is 3. The van der Waals surface area contributed by atoms with E-state index in [9.17, 15) is 35.5 Å². The summed E-state index contributed by atoms with van der Waals surface area (Å²) in [5.74, 6) is -11.4. The lowest BCUT2D eigenvalue weighted by atomic mass is 10.1. The van der Waals surface area contributed by atoms with E-state index in [1.165, 1.54) is 19.2 Å². The number of nitrogens with one attached hydrogen (secondary N) is 1. The highest BCUT2D eigenvalue weighted by molar-refractivity contribution is 9.10. The van der Waals surface area contributed by atoms with Crippen LogP contribution in [0.1, 0.15) is 21.5 Å². The number of halogens is 9. The van der Waals surface area contributed by atoms with Crippen LogP contribution in [-0.4, -0.2) is 38.7 Å². The van der Waals surface area contributed by atoms with Crippen molar-refractivity contribution in [3.63, 3.8) is 0 Å². The molecule has 0 fully saturated rings. The number of aryl methyl sites for hydroxylation is 1. The number of benzene rings is 2. The average Bonchev–Trinajstić information content (AvgIpc) is 2.78. The number of aromatic nitrogens is 1. The van der Waals surface area contributed by atoms with Crippen molar-refractivity contribution in [2.75, 3.05) is 5.32 Å². The third kappa shape index (κ3) is 7.46. The Labute approximate surface area is 225 Å². The SMILES string of the molecule is Cc1cnc(Br)cc1NC(=O)c1c(Oc2ccc(OC(F)(F)F)c(F)c2OC(O)(O)O)ccc(C(F)(F)F)c1F. The molecule has 0 aliphatic heterocycles. The molecule has 0 saturated heterocycles. The number of alkyl halides is 6. The molecular weight excluding hydrogens is 636 g/mol. The first-order valence-corrected chi connectivity index (χ1v) is 11.0. The number of carbonyl (C=O) groups excluding carboxylic acids is 1. The van der Waals surface area contributed by atoms with Crippen LogP contribution in [0.4, 0.5) is 40.8 Å². The molecular formula is C22H13BrF8N2O7. The monoisotopic (exact) mass is 648 g/mol. The number of rotatable bonds is 7. The van der Waals surface area contributed by atoms with E-state index in [1.54, 1.807) is 0 Å². The molecule has 3 aromatic rings. The Morgan fingerprint density at radius 1 is 0.925 bits per heavy atom. The van der Waals surface area contributed by atoms with E-state index in [0.717, 1.165) is 0 Å². The van der Waals surface area contributed by atoms with Gasteiger partial charge in [0.2, 0.25) is 11.6 Å². The van der Waals surface area contributed by atoms with Gasteiger partial charge < -0.3 is 34.8 Å². The summed E-state index contributed by atoms with van der Waals surface area (Å²) in [7, 11) is 0. The van der Waals surface area contributed by atoms with Gasteiger partial charge in [0.05, 0.1) is 5.56 Å². The molecule has 0 radical (unpaired) electrons. The van der Waals surface area contributed by atoms with Crippen molar-refractivity contribution in [2.45, 2.75) is 25.6 Å². The third-order valence-electron chi connectivity index (χ3n) is 4.66. The van der Waals surface area contributed by atoms with E-state index in [1.807, 2.05) is 0 Å². The van der Waals surface area contributed by atoms with E-state index >= 15 is 4.39 Å². The minimum absolute atomic E-state index is 0.0380. The van der Waals surface area contributed by atoms with Gasteiger partial charge in [-0.05, 0) is 58.7 Å². The van der Waals surface area contributed by atoms with Crippen molar-refractivity contribution in [3.05, 3.63) is 69.5 Å². The largest absolute Gasteiger partial charge is 0.573 e. The minimum atomic E-state index is -5.46. The van der Waals surface area contributed by atoms with Gasteiger partial charge >= 0.3 is 18.7 Å². The molecule has 1 aromatic heterocycles.